The number of pyridine rings is 1. The lowest BCUT2D eigenvalue weighted by atomic mass is 10.1. The van der Waals surface area contributed by atoms with Gasteiger partial charge in [0, 0.05) is 28.4 Å². The molecule has 0 unspecified atom stereocenters. The van der Waals surface area contributed by atoms with Gasteiger partial charge in [-0.05, 0) is 48.5 Å². The van der Waals surface area contributed by atoms with Gasteiger partial charge in [-0.15, -0.1) is 0 Å². The van der Waals surface area contributed by atoms with Crippen LogP contribution in [0.1, 0.15) is 0 Å². The summed E-state index contributed by atoms with van der Waals surface area (Å²) >= 11 is 0. The molecule has 1 aromatic heterocycles. The van der Waals surface area contributed by atoms with E-state index >= 15 is 0 Å². The first-order valence-electron chi connectivity index (χ1n) is 8.98. The lowest BCUT2D eigenvalue weighted by Crippen LogP contribution is -2.09. The van der Waals surface area contributed by atoms with E-state index in [2.05, 4.69) is 15.0 Å². The molecule has 0 amide bonds. The third-order valence-electron chi connectivity index (χ3n) is 4.54. The van der Waals surface area contributed by atoms with Crippen LogP contribution >= 0.6 is 0 Å². The van der Waals surface area contributed by atoms with Crippen molar-refractivity contribution in [3.8, 4) is 0 Å². The second-order valence-corrected chi connectivity index (χ2v) is 10.8. The Kier molecular flexibility index (Phi) is 4.87. The van der Waals surface area contributed by atoms with Crippen LogP contribution in [0, 0.1) is 0 Å². The van der Waals surface area contributed by atoms with Crippen molar-refractivity contribution >= 4 is 58.7 Å². The molecule has 0 saturated carbocycles. The third-order valence-corrected chi connectivity index (χ3v) is 6.26. The minimum atomic E-state index is -3.36. The first-order valence-corrected chi connectivity index (χ1v) is 12.8. The van der Waals surface area contributed by atoms with E-state index in [-0.39, 0.29) is 4.90 Å². The Bertz CT molecular complexity index is 1480. The Morgan fingerprint density at radius 2 is 1.37 bits per heavy atom. The Morgan fingerprint density at radius 3 is 2.03 bits per heavy atom. The van der Waals surface area contributed by atoms with Gasteiger partial charge in [-0.1, -0.05) is 18.2 Å². The summed E-state index contributed by atoms with van der Waals surface area (Å²) in [6, 6.07) is 19.3. The minimum absolute atomic E-state index is 0.208. The van der Waals surface area contributed by atoms with Crippen molar-refractivity contribution in [3.05, 3.63) is 66.7 Å². The van der Waals surface area contributed by atoms with Crippen LogP contribution in [0.4, 0.5) is 17.1 Å². The lowest BCUT2D eigenvalue weighted by Gasteiger charge is -2.14. The summed E-state index contributed by atoms with van der Waals surface area (Å²) < 4.78 is 49.1. The number of rotatable bonds is 5. The number of sulfonamides is 1. The first-order chi connectivity index (χ1) is 14.1. The summed E-state index contributed by atoms with van der Waals surface area (Å²) in [6.45, 7) is 0. The number of hydrogen-bond acceptors (Lipinski definition) is 6. The van der Waals surface area contributed by atoms with Gasteiger partial charge in [-0.2, -0.15) is 0 Å². The summed E-state index contributed by atoms with van der Waals surface area (Å²) in [5.41, 5.74) is 3.30. The Hall–Kier alpha value is -3.17. The molecule has 0 radical (unpaired) electrons. The predicted octanol–water partition coefficient (Wildman–Crippen LogP) is 3.91. The van der Waals surface area contributed by atoms with E-state index in [4.69, 9.17) is 0 Å². The summed E-state index contributed by atoms with van der Waals surface area (Å²) in [4.78, 5) is 4.84. The van der Waals surface area contributed by atoms with Crippen LogP contribution in [0.3, 0.4) is 0 Å². The van der Waals surface area contributed by atoms with Gasteiger partial charge in [-0.3, -0.25) is 4.72 Å². The second kappa shape index (κ2) is 7.26. The molecule has 3 aromatic carbocycles. The van der Waals surface area contributed by atoms with E-state index in [0.717, 1.165) is 33.9 Å². The molecule has 154 valence electrons. The predicted molar refractivity (Wildman–Crippen MR) is 121 cm³/mol. The van der Waals surface area contributed by atoms with Gasteiger partial charge >= 0.3 is 0 Å². The van der Waals surface area contributed by atoms with Crippen molar-refractivity contribution in [2.45, 2.75) is 4.90 Å². The highest BCUT2D eigenvalue weighted by Gasteiger charge is 2.13. The normalized spacial score (nSPS) is 12.2. The number of fused-ring (bicyclic) bond motifs is 2. The van der Waals surface area contributed by atoms with Crippen LogP contribution in [0.25, 0.3) is 21.8 Å². The van der Waals surface area contributed by atoms with E-state index in [1.54, 1.807) is 42.5 Å². The van der Waals surface area contributed by atoms with Crippen LogP contribution in [0.2, 0.25) is 0 Å². The number of aromatic nitrogens is 1. The quantitative estimate of drug-likeness (QED) is 0.455. The average Bonchev–Trinajstić information content (AvgIpc) is 2.67. The summed E-state index contributed by atoms with van der Waals surface area (Å²) in [6.07, 6.45) is 2.26. The zero-order valence-corrected chi connectivity index (χ0v) is 17.9. The highest BCUT2D eigenvalue weighted by molar-refractivity contribution is 7.92. The molecule has 0 bridgehead atoms. The molecule has 30 heavy (non-hydrogen) atoms. The van der Waals surface area contributed by atoms with Crippen LogP contribution in [0.15, 0.2) is 71.6 Å². The van der Waals surface area contributed by atoms with Crippen molar-refractivity contribution in [2.75, 3.05) is 22.6 Å². The highest BCUT2D eigenvalue weighted by Crippen LogP contribution is 2.34. The van der Waals surface area contributed by atoms with Gasteiger partial charge in [0.15, 0.2) is 9.84 Å². The van der Waals surface area contributed by atoms with E-state index in [1.807, 2.05) is 24.3 Å². The van der Waals surface area contributed by atoms with Crippen LogP contribution in [-0.2, 0) is 19.9 Å². The van der Waals surface area contributed by atoms with Crippen LogP contribution in [0.5, 0.6) is 0 Å². The van der Waals surface area contributed by atoms with Crippen molar-refractivity contribution in [2.24, 2.45) is 0 Å². The Balaban J connectivity index is 1.84. The molecule has 0 aliphatic heterocycles. The molecule has 0 saturated heterocycles. The Morgan fingerprint density at radius 1 is 0.733 bits per heavy atom. The van der Waals surface area contributed by atoms with Crippen molar-refractivity contribution in [1.82, 2.24) is 4.98 Å². The number of benzene rings is 3. The highest BCUT2D eigenvalue weighted by atomic mass is 32.2. The first kappa shape index (κ1) is 20.1. The van der Waals surface area contributed by atoms with Gasteiger partial charge in [0.25, 0.3) is 0 Å². The maximum Gasteiger partial charge on any atom is 0.229 e. The lowest BCUT2D eigenvalue weighted by molar-refractivity contribution is 0.601. The molecular formula is C21H19N3O4S2. The average molecular weight is 442 g/mol. The molecule has 1 heterocycles. The molecule has 9 heteroatoms. The van der Waals surface area contributed by atoms with Gasteiger partial charge < -0.3 is 5.32 Å². The molecule has 0 aliphatic carbocycles. The van der Waals surface area contributed by atoms with E-state index < -0.39 is 19.9 Å². The van der Waals surface area contributed by atoms with Gasteiger partial charge in [0.2, 0.25) is 10.0 Å². The van der Waals surface area contributed by atoms with Gasteiger partial charge in [0.05, 0.1) is 27.9 Å². The number of nitrogens with zero attached hydrogens (tertiary/aromatic N) is 1. The zero-order valence-electron chi connectivity index (χ0n) is 16.2. The molecule has 4 aromatic rings. The fourth-order valence-electron chi connectivity index (χ4n) is 3.22. The molecule has 0 aliphatic rings. The number of nitrogens with one attached hydrogen (secondary N) is 2. The standard InChI is InChI=1S/C21H19N3O4S2/c1-29(25,26)16-11-12-18-20(13-16)23-19-6-4-3-5-17(19)21(18)22-14-7-9-15(10-8-14)24-30(2,27)28/h3-13,24H,1-2H3,(H,22,23). The molecule has 2 N–H and O–H groups in total. The maximum absolute atomic E-state index is 12.0. The van der Waals surface area contributed by atoms with E-state index in [1.165, 1.54) is 6.26 Å². The molecule has 7 nitrogen and oxygen atoms in total. The van der Waals surface area contributed by atoms with Crippen LogP contribution < -0.4 is 10.0 Å². The number of para-hydroxylation sites is 1. The number of anilines is 3. The van der Waals surface area contributed by atoms with Gasteiger partial charge in [-0.25, -0.2) is 21.8 Å². The summed E-state index contributed by atoms with van der Waals surface area (Å²) in [5.74, 6) is 0. The fourth-order valence-corrected chi connectivity index (χ4v) is 4.42. The summed E-state index contributed by atoms with van der Waals surface area (Å²) in [7, 11) is -6.71. The number of hydrogen-bond donors (Lipinski definition) is 2. The molecule has 0 atom stereocenters. The molecular weight excluding hydrogens is 422 g/mol. The SMILES string of the molecule is CS(=O)(=O)Nc1ccc(Nc2c3ccccc3nc3cc(S(C)(=O)=O)ccc23)cc1. The fraction of sp³-hybridized carbons (Fsp3) is 0.0952. The topological polar surface area (TPSA) is 105 Å². The minimum Gasteiger partial charge on any atom is -0.354 e. The largest absolute Gasteiger partial charge is 0.354 e. The maximum atomic E-state index is 12.0. The van der Waals surface area contributed by atoms with Crippen molar-refractivity contribution in [1.29, 1.82) is 0 Å². The molecule has 0 fully saturated rings. The third kappa shape index (κ3) is 4.22. The monoisotopic (exact) mass is 441 g/mol. The van der Waals surface area contributed by atoms with E-state index in [9.17, 15) is 16.8 Å². The molecule has 4 rings (SSSR count). The van der Waals surface area contributed by atoms with E-state index in [0.29, 0.717) is 11.2 Å². The van der Waals surface area contributed by atoms with Crippen molar-refractivity contribution in [3.63, 3.8) is 0 Å². The Labute approximate surface area is 174 Å². The smallest absolute Gasteiger partial charge is 0.229 e. The van der Waals surface area contributed by atoms with Gasteiger partial charge in [0.1, 0.15) is 0 Å². The zero-order chi connectivity index (χ0) is 21.5. The second-order valence-electron chi connectivity index (χ2n) is 7.03. The summed E-state index contributed by atoms with van der Waals surface area (Å²) in [5, 5.41) is 5.03. The van der Waals surface area contributed by atoms with Crippen LogP contribution in [-0.4, -0.2) is 34.3 Å². The van der Waals surface area contributed by atoms with Crippen molar-refractivity contribution < 1.29 is 16.8 Å². The molecule has 0 spiro atoms. The number of sulfone groups is 1.